The molecule has 0 aliphatic rings. The number of nitrogens with zero attached hydrogens (tertiary/aromatic N) is 1. The minimum atomic E-state index is -0.989. The maximum absolute atomic E-state index is 10.5. The lowest BCUT2D eigenvalue weighted by Crippen LogP contribution is -2.07. The minimum absolute atomic E-state index is 0.0864. The summed E-state index contributed by atoms with van der Waals surface area (Å²) in [6.45, 7) is 6.30. The molecule has 14 heavy (non-hydrogen) atoms. The van der Waals surface area contributed by atoms with Crippen LogP contribution in [0.2, 0.25) is 0 Å². The van der Waals surface area contributed by atoms with Crippen LogP contribution in [-0.2, 0) is 0 Å². The molecule has 0 unspecified atom stereocenters. The van der Waals surface area contributed by atoms with Gasteiger partial charge in [-0.3, -0.25) is 0 Å². The first-order valence-corrected chi connectivity index (χ1v) is 5.08. The number of carboxylic acid groups (broad SMARTS) is 1. The highest BCUT2D eigenvalue weighted by molar-refractivity contribution is 8.00. The average Bonchev–Trinajstić information content (AvgIpc) is 2.02. The summed E-state index contributed by atoms with van der Waals surface area (Å²) < 4.78 is 0.117. The van der Waals surface area contributed by atoms with Gasteiger partial charge in [-0.1, -0.05) is 20.8 Å². The number of carbonyl (C=O) groups is 1. The van der Waals surface area contributed by atoms with Crippen LogP contribution in [0.15, 0.2) is 23.2 Å². The zero-order chi connectivity index (χ0) is 10.8. The summed E-state index contributed by atoms with van der Waals surface area (Å²) >= 11 is 1.67. The van der Waals surface area contributed by atoms with E-state index in [9.17, 15) is 4.79 Å². The molecule has 0 amide bonds. The molecule has 0 bridgehead atoms. The second-order valence-corrected chi connectivity index (χ2v) is 5.80. The number of aromatic nitrogens is 1. The molecule has 1 rings (SSSR count). The van der Waals surface area contributed by atoms with Crippen LogP contribution in [-0.4, -0.2) is 20.8 Å². The van der Waals surface area contributed by atoms with E-state index >= 15 is 0 Å². The van der Waals surface area contributed by atoms with Crippen molar-refractivity contribution in [2.75, 3.05) is 0 Å². The molecule has 1 heterocycles. The molecule has 4 heteroatoms. The summed E-state index contributed by atoms with van der Waals surface area (Å²) in [7, 11) is 0. The Bertz CT molecular complexity index is 327. The topological polar surface area (TPSA) is 50.2 Å². The fourth-order valence-electron chi connectivity index (χ4n) is 0.921. The van der Waals surface area contributed by atoms with Crippen molar-refractivity contribution in [2.45, 2.75) is 30.4 Å². The first-order chi connectivity index (χ1) is 6.38. The molecule has 0 spiro atoms. The third-order valence-electron chi connectivity index (χ3n) is 1.38. The van der Waals surface area contributed by atoms with Crippen molar-refractivity contribution in [3.63, 3.8) is 0 Å². The summed E-state index contributed by atoms with van der Waals surface area (Å²) in [5.41, 5.74) is 0.0864. The summed E-state index contributed by atoms with van der Waals surface area (Å²) in [6, 6.07) is 3.31. The smallest absolute Gasteiger partial charge is 0.354 e. The summed E-state index contributed by atoms with van der Waals surface area (Å²) in [6.07, 6.45) is 1.60. The van der Waals surface area contributed by atoms with Crippen molar-refractivity contribution in [2.24, 2.45) is 0 Å². The molecule has 0 radical (unpaired) electrons. The van der Waals surface area contributed by atoms with Gasteiger partial charge in [0.25, 0.3) is 0 Å². The van der Waals surface area contributed by atoms with Gasteiger partial charge in [-0.05, 0) is 12.1 Å². The van der Waals surface area contributed by atoms with Crippen LogP contribution >= 0.6 is 11.8 Å². The van der Waals surface area contributed by atoms with Crippen LogP contribution < -0.4 is 0 Å². The van der Waals surface area contributed by atoms with Crippen LogP contribution in [0, 0.1) is 0 Å². The molecule has 1 N–H and O–H groups in total. The van der Waals surface area contributed by atoms with Gasteiger partial charge in [0, 0.05) is 15.8 Å². The van der Waals surface area contributed by atoms with E-state index in [-0.39, 0.29) is 10.4 Å². The molecule has 0 saturated heterocycles. The third kappa shape index (κ3) is 3.38. The Labute approximate surface area is 87.6 Å². The molecule has 76 valence electrons. The molecular formula is C10H13NO2S. The van der Waals surface area contributed by atoms with Gasteiger partial charge in [-0.2, -0.15) is 0 Å². The van der Waals surface area contributed by atoms with Gasteiger partial charge in [0.1, 0.15) is 5.69 Å². The molecule has 0 saturated carbocycles. The minimum Gasteiger partial charge on any atom is -0.477 e. The van der Waals surface area contributed by atoms with E-state index in [0.717, 1.165) is 4.90 Å². The maximum atomic E-state index is 10.5. The van der Waals surface area contributed by atoms with Crippen molar-refractivity contribution in [3.05, 3.63) is 24.0 Å². The van der Waals surface area contributed by atoms with E-state index in [0.29, 0.717) is 0 Å². The molecule has 0 aliphatic heterocycles. The predicted octanol–water partition coefficient (Wildman–Crippen LogP) is 2.67. The SMILES string of the molecule is CC(C)(C)Sc1ccc(C(=O)O)nc1. The molecule has 1 aromatic rings. The Morgan fingerprint density at radius 3 is 2.43 bits per heavy atom. The molecule has 0 aliphatic carbocycles. The number of aromatic carboxylic acids is 1. The highest BCUT2D eigenvalue weighted by atomic mass is 32.2. The van der Waals surface area contributed by atoms with Crippen LogP contribution in [0.1, 0.15) is 31.3 Å². The van der Waals surface area contributed by atoms with Gasteiger partial charge in [0.05, 0.1) is 0 Å². The van der Waals surface area contributed by atoms with Crippen molar-refractivity contribution >= 4 is 17.7 Å². The predicted molar refractivity (Wildman–Crippen MR) is 56.8 cm³/mol. The van der Waals surface area contributed by atoms with Crippen molar-refractivity contribution in [1.29, 1.82) is 0 Å². The van der Waals surface area contributed by atoms with Crippen LogP contribution in [0.4, 0.5) is 0 Å². The van der Waals surface area contributed by atoms with E-state index < -0.39 is 5.97 Å². The number of pyridine rings is 1. The normalized spacial score (nSPS) is 11.4. The van der Waals surface area contributed by atoms with Crippen LogP contribution in [0.5, 0.6) is 0 Å². The molecule has 3 nitrogen and oxygen atoms in total. The number of hydrogen-bond acceptors (Lipinski definition) is 3. The van der Waals surface area contributed by atoms with Gasteiger partial charge in [-0.15, -0.1) is 11.8 Å². The lowest BCUT2D eigenvalue weighted by molar-refractivity contribution is 0.0690. The molecule has 1 aromatic heterocycles. The molecule has 0 aromatic carbocycles. The van der Waals surface area contributed by atoms with E-state index in [2.05, 4.69) is 25.8 Å². The Hall–Kier alpha value is -1.03. The lowest BCUT2D eigenvalue weighted by atomic mass is 10.3. The van der Waals surface area contributed by atoms with E-state index in [4.69, 9.17) is 5.11 Å². The van der Waals surface area contributed by atoms with E-state index in [1.54, 1.807) is 24.0 Å². The summed E-state index contributed by atoms with van der Waals surface area (Å²) in [5.74, 6) is -0.989. The van der Waals surface area contributed by atoms with Gasteiger partial charge < -0.3 is 5.11 Å². The fraction of sp³-hybridized carbons (Fsp3) is 0.400. The standard InChI is InChI=1S/C10H13NO2S/c1-10(2,3)14-7-4-5-8(9(12)13)11-6-7/h4-6H,1-3H3,(H,12,13). The van der Waals surface area contributed by atoms with E-state index in [1.165, 1.54) is 6.07 Å². The van der Waals surface area contributed by atoms with Crippen molar-refractivity contribution in [3.8, 4) is 0 Å². The van der Waals surface area contributed by atoms with E-state index in [1.807, 2.05) is 0 Å². The highest BCUT2D eigenvalue weighted by Crippen LogP contribution is 2.30. The quantitative estimate of drug-likeness (QED) is 0.764. The van der Waals surface area contributed by atoms with Crippen molar-refractivity contribution < 1.29 is 9.90 Å². The monoisotopic (exact) mass is 211 g/mol. The van der Waals surface area contributed by atoms with Crippen molar-refractivity contribution in [1.82, 2.24) is 4.98 Å². The Morgan fingerprint density at radius 2 is 2.07 bits per heavy atom. The average molecular weight is 211 g/mol. The Kier molecular flexibility index (Phi) is 3.16. The number of carboxylic acids is 1. The van der Waals surface area contributed by atoms with Crippen LogP contribution in [0.3, 0.4) is 0 Å². The largest absolute Gasteiger partial charge is 0.477 e. The second kappa shape index (κ2) is 4.00. The van der Waals surface area contributed by atoms with Gasteiger partial charge >= 0.3 is 5.97 Å². The first-order valence-electron chi connectivity index (χ1n) is 4.27. The summed E-state index contributed by atoms with van der Waals surface area (Å²) in [4.78, 5) is 15.4. The highest BCUT2D eigenvalue weighted by Gasteiger charge is 2.12. The summed E-state index contributed by atoms with van der Waals surface area (Å²) in [5, 5.41) is 8.64. The molecule has 0 atom stereocenters. The Balaban J connectivity index is 2.79. The zero-order valence-electron chi connectivity index (χ0n) is 8.44. The fourth-order valence-corrected chi connectivity index (χ4v) is 1.87. The van der Waals surface area contributed by atoms with Crippen LogP contribution in [0.25, 0.3) is 0 Å². The number of rotatable bonds is 2. The number of thioether (sulfide) groups is 1. The maximum Gasteiger partial charge on any atom is 0.354 e. The molecular weight excluding hydrogens is 198 g/mol. The third-order valence-corrected chi connectivity index (χ3v) is 2.47. The second-order valence-electron chi connectivity index (χ2n) is 3.90. The Morgan fingerprint density at radius 1 is 1.43 bits per heavy atom. The van der Waals surface area contributed by atoms with Gasteiger partial charge in [0.2, 0.25) is 0 Å². The van der Waals surface area contributed by atoms with Gasteiger partial charge in [0.15, 0.2) is 0 Å². The van der Waals surface area contributed by atoms with Gasteiger partial charge in [-0.25, -0.2) is 9.78 Å². The zero-order valence-corrected chi connectivity index (χ0v) is 9.26. The lowest BCUT2D eigenvalue weighted by Gasteiger charge is -2.16. The first kappa shape index (κ1) is 11.0. The molecule has 0 fully saturated rings. The number of hydrogen-bond donors (Lipinski definition) is 1.